The van der Waals surface area contributed by atoms with E-state index in [0.29, 0.717) is 49.9 Å². The van der Waals surface area contributed by atoms with Gasteiger partial charge in [0.2, 0.25) is 10.0 Å². The van der Waals surface area contributed by atoms with Gasteiger partial charge in [0.15, 0.2) is 17.5 Å². The normalized spacial score (nSPS) is 15.3. The molecule has 2 heterocycles. The fraction of sp³-hybridized carbons (Fsp3) is 0.474. The van der Waals surface area contributed by atoms with Crippen molar-refractivity contribution in [3.05, 3.63) is 41.8 Å². The van der Waals surface area contributed by atoms with E-state index in [1.807, 2.05) is 23.1 Å². The Hall–Kier alpha value is -2.06. The minimum Gasteiger partial charge on any atom is -0.493 e. The van der Waals surface area contributed by atoms with Crippen molar-refractivity contribution in [1.82, 2.24) is 19.7 Å². The summed E-state index contributed by atoms with van der Waals surface area (Å²) < 4.78 is 42.0. The Morgan fingerprint density at radius 3 is 2.45 bits per heavy atom. The van der Waals surface area contributed by atoms with Gasteiger partial charge in [-0.05, 0) is 17.7 Å². The van der Waals surface area contributed by atoms with Crippen LogP contribution in [0.3, 0.4) is 0 Å². The molecule has 1 aromatic carbocycles. The van der Waals surface area contributed by atoms with Gasteiger partial charge in [-0.3, -0.25) is 4.99 Å². The number of aromatic nitrogens is 1. The molecule has 10 nitrogen and oxygen atoms in total. The fourth-order valence-electron chi connectivity index (χ4n) is 3.27. The maximum Gasteiger partial charge on any atom is 0.220 e. The Bertz CT molecular complexity index is 960. The van der Waals surface area contributed by atoms with E-state index in [9.17, 15) is 8.42 Å². The van der Waals surface area contributed by atoms with Gasteiger partial charge in [-0.1, -0.05) is 11.2 Å². The van der Waals surface area contributed by atoms with Gasteiger partial charge in [-0.25, -0.2) is 8.42 Å². The number of hydrogen-bond acceptors (Lipinski definition) is 7. The molecule has 0 bridgehead atoms. The van der Waals surface area contributed by atoms with Crippen LogP contribution in [0.2, 0.25) is 0 Å². The molecule has 0 unspecified atom stereocenters. The number of piperazine rings is 1. The highest BCUT2D eigenvalue weighted by Crippen LogP contribution is 2.27. The van der Waals surface area contributed by atoms with Crippen LogP contribution in [0.25, 0.3) is 0 Å². The van der Waals surface area contributed by atoms with E-state index in [1.165, 1.54) is 10.6 Å². The zero-order chi connectivity index (χ0) is 21.6. The summed E-state index contributed by atoms with van der Waals surface area (Å²) in [6, 6.07) is 7.29. The highest BCUT2D eigenvalue weighted by atomic mass is 127. The average molecular weight is 565 g/mol. The van der Waals surface area contributed by atoms with Crippen LogP contribution in [0.5, 0.6) is 11.5 Å². The lowest BCUT2D eigenvalue weighted by Gasteiger charge is -2.35. The number of halogens is 1. The lowest BCUT2D eigenvalue weighted by atomic mass is 10.2. The topological polar surface area (TPSA) is 110 Å². The molecule has 0 radical (unpaired) electrons. The molecule has 172 valence electrons. The van der Waals surface area contributed by atoms with Gasteiger partial charge >= 0.3 is 0 Å². The van der Waals surface area contributed by atoms with E-state index in [1.54, 1.807) is 27.3 Å². The average Bonchev–Trinajstić information content (AvgIpc) is 3.26. The molecule has 1 aliphatic heterocycles. The summed E-state index contributed by atoms with van der Waals surface area (Å²) in [7, 11) is 1.48. The second kappa shape index (κ2) is 11.5. The number of benzene rings is 1. The smallest absolute Gasteiger partial charge is 0.220 e. The summed E-state index contributed by atoms with van der Waals surface area (Å²) in [5.74, 6) is 1.90. The molecule has 1 aliphatic rings. The van der Waals surface area contributed by atoms with Gasteiger partial charge in [0, 0.05) is 45.8 Å². The first-order valence-corrected chi connectivity index (χ1v) is 11.1. The second-order valence-corrected chi connectivity index (χ2v) is 8.69. The molecular formula is C19H28IN5O5S. The van der Waals surface area contributed by atoms with Crippen LogP contribution in [0, 0.1) is 0 Å². The summed E-state index contributed by atoms with van der Waals surface area (Å²) in [5.41, 5.74) is 1.42. The highest BCUT2D eigenvalue weighted by molar-refractivity contribution is 14.0. The first-order chi connectivity index (χ1) is 14.5. The van der Waals surface area contributed by atoms with Crippen molar-refractivity contribution in [2.45, 2.75) is 12.3 Å². The predicted octanol–water partition coefficient (Wildman–Crippen LogP) is 1.53. The standard InChI is InChI=1S/C19H27N5O5S.HI/c1-20-19(21-13-15-4-5-17(27-2)18(12-15)28-3)23-7-9-24(10-8-23)30(25,26)14-16-6-11-29-22-16;/h4-6,11-12H,7-10,13-14H2,1-3H3,(H,20,21);1H. The Labute approximate surface area is 199 Å². The molecule has 1 N–H and O–H groups in total. The number of ether oxygens (including phenoxy) is 2. The molecule has 0 aliphatic carbocycles. The van der Waals surface area contributed by atoms with Crippen LogP contribution in [0.1, 0.15) is 11.3 Å². The van der Waals surface area contributed by atoms with Crippen LogP contribution in [0.15, 0.2) is 40.0 Å². The molecule has 31 heavy (non-hydrogen) atoms. The summed E-state index contributed by atoms with van der Waals surface area (Å²) in [6.45, 7) is 2.42. The molecule has 3 rings (SSSR count). The molecule has 1 fully saturated rings. The van der Waals surface area contributed by atoms with Gasteiger partial charge in [-0.2, -0.15) is 4.31 Å². The summed E-state index contributed by atoms with van der Waals surface area (Å²) in [4.78, 5) is 6.38. The van der Waals surface area contributed by atoms with Crippen molar-refractivity contribution in [2.75, 3.05) is 47.4 Å². The largest absolute Gasteiger partial charge is 0.493 e. The number of sulfonamides is 1. The zero-order valence-electron chi connectivity index (χ0n) is 17.8. The molecule has 1 aromatic heterocycles. The Kier molecular flexibility index (Phi) is 9.37. The maximum atomic E-state index is 12.6. The summed E-state index contributed by atoms with van der Waals surface area (Å²) in [5, 5.41) is 7.02. The van der Waals surface area contributed by atoms with Gasteiger partial charge in [-0.15, -0.1) is 24.0 Å². The van der Waals surface area contributed by atoms with Gasteiger partial charge in [0.1, 0.15) is 12.0 Å². The highest BCUT2D eigenvalue weighted by Gasteiger charge is 2.29. The third kappa shape index (κ3) is 6.46. The third-order valence-corrected chi connectivity index (χ3v) is 6.68. The quantitative estimate of drug-likeness (QED) is 0.306. The molecular weight excluding hydrogens is 537 g/mol. The lowest BCUT2D eigenvalue weighted by molar-refractivity contribution is 0.259. The number of nitrogens with one attached hydrogen (secondary N) is 1. The SMILES string of the molecule is CN=C(NCc1ccc(OC)c(OC)c1)N1CCN(S(=O)(=O)Cc2ccon2)CC1.I. The Balaban J connectivity index is 0.00000341. The molecule has 0 saturated carbocycles. The number of methoxy groups -OCH3 is 2. The van der Waals surface area contributed by atoms with Crippen molar-refractivity contribution in [1.29, 1.82) is 0 Å². The van der Waals surface area contributed by atoms with E-state index in [4.69, 9.17) is 14.0 Å². The molecule has 0 amide bonds. The monoisotopic (exact) mass is 565 g/mol. The number of rotatable bonds is 7. The van der Waals surface area contributed by atoms with E-state index in [2.05, 4.69) is 15.5 Å². The fourth-order valence-corrected chi connectivity index (χ4v) is 4.70. The summed E-state index contributed by atoms with van der Waals surface area (Å²) >= 11 is 0. The predicted molar refractivity (Wildman–Crippen MR) is 127 cm³/mol. The van der Waals surface area contributed by atoms with Crippen molar-refractivity contribution in [3.8, 4) is 11.5 Å². The van der Waals surface area contributed by atoms with E-state index in [0.717, 1.165) is 11.5 Å². The van der Waals surface area contributed by atoms with Crippen molar-refractivity contribution in [3.63, 3.8) is 0 Å². The Morgan fingerprint density at radius 2 is 1.87 bits per heavy atom. The number of nitrogens with zero attached hydrogens (tertiary/aromatic N) is 4. The number of hydrogen-bond donors (Lipinski definition) is 1. The maximum absolute atomic E-state index is 12.6. The molecule has 0 atom stereocenters. The van der Waals surface area contributed by atoms with Crippen LogP contribution in [-0.4, -0.2) is 76.2 Å². The van der Waals surface area contributed by atoms with Crippen molar-refractivity contribution >= 4 is 40.0 Å². The minimum absolute atomic E-state index is 0. The van der Waals surface area contributed by atoms with Crippen LogP contribution < -0.4 is 14.8 Å². The molecule has 12 heteroatoms. The molecule has 0 spiro atoms. The summed E-state index contributed by atoms with van der Waals surface area (Å²) in [6.07, 6.45) is 1.37. The van der Waals surface area contributed by atoms with Gasteiger partial charge in [0.05, 0.1) is 19.9 Å². The van der Waals surface area contributed by atoms with Crippen molar-refractivity contribution < 1.29 is 22.4 Å². The van der Waals surface area contributed by atoms with E-state index < -0.39 is 10.0 Å². The number of guanidine groups is 1. The van der Waals surface area contributed by atoms with Crippen LogP contribution >= 0.6 is 24.0 Å². The third-order valence-electron chi connectivity index (χ3n) is 4.86. The van der Waals surface area contributed by atoms with Crippen LogP contribution in [-0.2, 0) is 22.3 Å². The van der Waals surface area contributed by atoms with Crippen molar-refractivity contribution in [2.24, 2.45) is 4.99 Å². The van der Waals surface area contributed by atoms with E-state index >= 15 is 0 Å². The lowest BCUT2D eigenvalue weighted by Crippen LogP contribution is -2.53. The first kappa shape index (κ1) is 25.2. The van der Waals surface area contributed by atoms with Gasteiger partial charge < -0.3 is 24.2 Å². The molecule has 1 saturated heterocycles. The first-order valence-electron chi connectivity index (χ1n) is 9.50. The number of aliphatic imine (C=N–C) groups is 1. The minimum atomic E-state index is -3.43. The second-order valence-electron chi connectivity index (χ2n) is 6.72. The Morgan fingerprint density at radius 1 is 1.16 bits per heavy atom. The van der Waals surface area contributed by atoms with Gasteiger partial charge in [0.25, 0.3) is 0 Å². The van der Waals surface area contributed by atoms with Crippen LogP contribution in [0.4, 0.5) is 0 Å². The molecule has 2 aromatic rings. The van der Waals surface area contributed by atoms with E-state index in [-0.39, 0.29) is 29.7 Å². The zero-order valence-corrected chi connectivity index (χ0v) is 20.9.